The van der Waals surface area contributed by atoms with Crippen molar-refractivity contribution in [1.82, 2.24) is 0 Å². The number of hydrogen-bond donors (Lipinski definition) is 0. The Morgan fingerprint density at radius 3 is 2.10 bits per heavy atom. The third kappa shape index (κ3) is 1.96. The lowest BCUT2D eigenvalue weighted by molar-refractivity contribution is -0.234. The summed E-state index contributed by atoms with van der Waals surface area (Å²) in [5, 5.41) is 0. The van der Waals surface area contributed by atoms with E-state index in [1.807, 2.05) is 0 Å². The van der Waals surface area contributed by atoms with Gasteiger partial charge in [-0.3, -0.25) is 0 Å². The van der Waals surface area contributed by atoms with Crippen molar-refractivity contribution >= 4 is 0 Å². The first-order chi connectivity index (χ1) is 4.72. The summed E-state index contributed by atoms with van der Waals surface area (Å²) in [5.74, 6) is 0. The van der Waals surface area contributed by atoms with Gasteiger partial charge in [-0.1, -0.05) is 6.92 Å². The summed E-state index contributed by atoms with van der Waals surface area (Å²) < 4.78 is 11.0. The van der Waals surface area contributed by atoms with Crippen molar-refractivity contribution < 1.29 is 9.47 Å². The van der Waals surface area contributed by atoms with Gasteiger partial charge < -0.3 is 9.47 Å². The molecule has 0 aromatic carbocycles. The molecular weight excluding hydrogens is 128 g/mol. The van der Waals surface area contributed by atoms with E-state index in [2.05, 4.69) is 20.8 Å². The Kier molecular flexibility index (Phi) is 2.69. The van der Waals surface area contributed by atoms with Crippen molar-refractivity contribution in [3.63, 3.8) is 0 Å². The molecular formula is C8H16O2. The lowest BCUT2D eigenvalue weighted by atomic mass is 10.2. The van der Waals surface area contributed by atoms with Gasteiger partial charge >= 0.3 is 0 Å². The van der Waals surface area contributed by atoms with Gasteiger partial charge in [-0.15, -0.1) is 0 Å². The van der Waals surface area contributed by atoms with Crippen LogP contribution in [0.25, 0.3) is 0 Å². The SMILES string of the molecule is CCC1O[C@H](C)C[C@H](C)O1. The average molecular weight is 144 g/mol. The second-order valence-electron chi connectivity index (χ2n) is 2.97. The Morgan fingerprint density at radius 1 is 1.20 bits per heavy atom. The molecule has 0 bridgehead atoms. The van der Waals surface area contributed by atoms with Crippen LogP contribution in [-0.2, 0) is 9.47 Å². The summed E-state index contributed by atoms with van der Waals surface area (Å²) in [7, 11) is 0. The van der Waals surface area contributed by atoms with Gasteiger partial charge in [0.25, 0.3) is 0 Å². The zero-order valence-corrected chi connectivity index (χ0v) is 6.96. The summed E-state index contributed by atoms with van der Waals surface area (Å²) >= 11 is 0. The molecule has 1 fully saturated rings. The molecule has 0 aliphatic carbocycles. The molecule has 0 radical (unpaired) electrons. The zero-order chi connectivity index (χ0) is 7.56. The first kappa shape index (κ1) is 8.02. The molecule has 1 aliphatic rings. The Bertz CT molecular complexity index is 93.4. The molecule has 0 spiro atoms. The molecule has 0 saturated carbocycles. The Labute approximate surface area is 62.5 Å². The Balaban J connectivity index is 2.35. The van der Waals surface area contributed by atoms with Crippen molar-refractivity contribution in [2.75, 3.05) is 0 Å². The van der Waals surface area contributed by atoms with Crippen LogP contribution in [-0.4, -0.2) is 18.5 Å². The second-order valence-corrected chi connectivity index (χ2v) is 2.97. The van der Waals surface area contributed by atoms with Crippen LogP contribution in [0.5, 0.6) is 0 Å². The van der Waals surface area contributed by atoms with Gasteiger partial charge in [0.2, 0.25) is 0 Å². The lowest BCUT2D eigenvalue weighted by Crippen LogP contribution is -2.34. The maximum atomic E-state index is 5.48. The predicted octanol–water partition coefficient (Wildman–Crippen LogP) is 1.94. The molecule has 0 N–H and O–H groups in total. The normalized spacial score (nSPS) is 41.7. The largest absolute Gasteiger partial charge is 0.350 e. The van der Waals surface area contributed by atoms with Gasteiger partial charge in [-0.05, 0) is 26.7 Å². The number of hydrogen-bond acceptors (Lipinski definition) is 2. The van der Waals surface area contributed by atoms with Crippen molar-refractivity contribution in [1.29, 1.82) is 0 Å². The van der Waals surface area contributed by atoms with E-state index in [1.54, 1.807) is 0 Å². The van der Waals surface area contributed by atoms with Crippen LogP contribution in [0.3, 0.4) is 0 Å². The summed E-state index contributed by atoms with van der Waals surface area (Å²) in [6, 6.07) is 0. The molecule has 60 valence electrons. The molecule has 3 atom stereocenters. The zero-order valence-electron chi connectivity index (χ0n) is 6.96. The highest BCUT2D eigenvalue weighted by Gasteiger charge is 2.22. The van der Waals surface area contributed by atoms with Crippen molar-refractivity contribution in [3.8, 4) is 0 Å². The minimum atomic E-state index is 0.0405. The molecule has 2 heteroatoms. The maximum Gasteiger partial charge on any atom is 0.158 e. The maximum absolute atomic E-state index is 5.48. The summed E-state index contributed by atoms with van der Waals surface area (Å²) in [4.78, 5) is 0. The van der Waals surface area contributed by atoms with Gasteiger partial charge in [-0.2, -0.15) is 0 Å². The van der Waals surface area contributed by atoms with E-state index in [0.717, 1.165) is 12.8 Å². The van der Waals surface area contributed by atoms with Gasteiger partial charge in [-0.25, -0.2) is 0 Å². The Hall–Kier alpha value is -0.0800. The van der Waals surface area contributed by atoms with E-state index in [9.17, 15) is 0 Å². The fourth-order valence-electron chi connectivity index (χ4n) is 1.32. The van der Waals surface area contributed by atoms with Gasteiger partial charge in [0, 0.05) is 0 Å². The molecule has 1 rings (SSSR count). The highest BCUT2D eigenvalue weighted by molar-refractivity contribution is 4.64. The van der Waals surface area contributed by atoms with E-state index < -0.39 is 0 Å². The molecule has 1 aliphatic heterocycles. The molecule has 0 aromatic rings. The number of ether oxygens (including phenoxy) is 2. The summed E-state index contributed by atoms with van der Waals surface area (Å²) in [5.41, 5.74) is 0. The fraction of sp³-hybridized carbons (Fsp3) is 1.00. The third-order valence-electron chi connectivity index (χ3n) is 1.77. The highest BCUT2D eigenvalue weighted by atomic mass is 16.7. The number of rotatable bonds is 1. The van der Waals surface area contributed by atoms with Crippen LogP contribution >= 0.6 is 0 Å². The monoisotopic (exact) mass is 144 g/mol. The lowest BCUT2D eigenvalue weighted by Gasteiger charge is -2.31. The molecule has 1 heterocycles. The molecule has 1 unspecified atom stereocenters. The topological polar surface area (TPSA) is 18.5 Å². The van der Waals surface area contributed by atoms with Crippen molar-refractivity contribution in [2.24, 2.45) is 0 Å². The van der Waals surface area contributed by atoms with Crippen LogP contribution in [0.15, 0.2) is 0 Å². The minimum Gasteiger partial charge on any atom is -0.350 e. The standard InChI is InChI=1S/C8H16O2/c1-4-8-9-6(2)5-7(3)10-8/h6-8H,4-5H2,1-3H3/t6-,7+,8?. The van der Waals surface area contributed by atoms with Crippen LogP contribution in [0, 0.1) is 0 Å². The summed E-state index contributed by atoms with van der Waals surface area (Å²) in [6.07, 6.45) is 2.76. The second kappa shape index (κ2) is 3.35. The van der Waals surface area contributed by atoms with Crippen LogP contribution in [0.2, 0.25) is 0 Å². The van der Waals surface area contributed by atoms with Gasteiger partial charge in [0.1, 0.15) is 0 Å². The third-order valence-corrected chi connectivity index (χ3v) is 1.77. The average Bonchev–Trinajstić information content (AvgIpc) is 1.85. The van der Waals surface area contributed by atoms with Crippen molar-refractivity contribution in [3.05, 3.63) is 0 Å². The van der Waals surface area contributed by atoms with Crippen molar-refractivity contribution in [2.45, 2.75) is 52.1 Å². The van der Waals surface area contributed by atoms with E-state index >= 15 is 0 Å². The smallest absolute Gasteiger partial charge is 0.158 e. The van der Waals surface area contributed by atoms with Gasteiger partial charge in [0.05, 0.1) is 12.2 Å². The molecule has 2 nitrogen and oxygen atoms in total. The predicted molar refractivity (Wildman–Crippen MR) is 39.8 cm³/mol. The van der Waals surface area contributed by atoms with E-state index in [1.165, 1.54) is 0 Å². The fourth-order valence-corrected chi connectivity index (χ4v) is 1.32. The minimum absolute atomic E-state index is 0.0405. The van der Waals surface area contributed by atoms with Crippen LogP contribution in [0.1, 0.15) is 33.6 Å². The van der Waals surface area contributed by atoms with Crippen LogP contribution < -0.4 is 0 Å². The quantitative estimate of drug-likeness (QED) is 0.560. The first-order valence-electron chi connectivity index (χ1n) is 4.03. The molecule has 10 heavy (non-hydrogen) atoms. The van der Waals surface area contributed by atoms with Crippen LogP contribution in [0.4, 0.5) is 0 Å². The van der Waals surface area contributed by atoms with E-state index in [-0.39, 0.29) is 6.29 Å². The van der Waals surface area contributed by atoms with E-state index in [0.29, 0.717) is 12.2 Å². The first-order valence-corrected chi connectivity index (χ1v) is 4.03. The molecule has 0 aromatic heterocycles. The summed E-state index contributed by atoms with van der Waals surface area (Å²) in [6.45, 7) is 6.28. The molecule has 0 amide bonds. The highest BCUT2D eigenvalue weighted by Crippen LogP contribution is 2.19. The van der Waals surface area contributed by atoms with E-state index in [4.69, 9.17) is 9.47 Å². The van der Waals surface area contributed by atoms with Gasteiger partial charge in [0.15, 0.2) is 6.29 Å². The molecule has 1 saturated heterocycles. The Morgan fingerprint density at radius 2 is 1.70 bits per heavy atom.